The van der Waals surface area contributed by atoms with Crippen LogP contribution in [0.1, 0.15) is 95.9 Å². The van der Waals surface area contributed by atoms with Crippen LogP contribution in [0.25, 0.3) is 0 Å². The van der Waals surface area contributed by atoms with E-state index in [9.17, 15) is 43.5 Å². The first-order chi connectivity index (χ1) is 37.7. The van der Waals surface area contributed by atoms with E-state index < -0.39 is 124 Å². The fourth-order valence-corrected chi connectivity index (χ4v) is 8.27. The van der Waals surface area contributed by atoms with E-state index in [1.165, 1.54) is 45.6 Å². The van der Waals surface area contributed by atoms with E-state index >= 15 is 0 Å². The van der Waals surface area contributed by atoms with Crippen molar-refractivity contribution in [3.05, 3.63) is 93.0 Å². The maximum Gasteiger partial charge on any atom is 0.343 e. The molecule has 79 heavy (non-hydrogen) atoms. The zero-order chi connectivity index (χ0) is 58.1. The first-order valence-corrected chi connectivity index (χ1v) is 24.1. The van der Waals surface area contributed by atoms with Crippen molar-refractivity contribution in [3.8, 4) is 46.0 Å². The molecule has 0 fully saturated rings. The lowest BCUT2D eigenvalue weighted by Gasteiger charge is -2.29. The molecule has 0 heterocycles. The zero-order valence-electron chi connectivity index (χ0n) is 45.4. The van der Waals surface area contributed by atoms with Crippen LogP contribution in [0.3, 0.4) is 0 Å². The lowest BCUT2D eigenvalue weighted by atomic mass is 9.80. The van der Waals surface area contributed by atoms with Crippen LogP contribution >= 0.6 is 0 Å². The molecule has 0 unspecified atom stereocenters. The Labute approximate surface area is 454 Å². The van der Waals surface area contributed by atoms with Crippen LogP contribution in [0.2, 0.25) is 0 Å². The zero-order valence-corrected chi connectivity index (χ0v) is 45.4. The number of carboxylic acid groups (broad SMARTS) is 1. The number of aliphatic carboxylic acids is 1. The van der Waals surface area contributed by atoms with E-state index in [4.69, 9.17) is 71.1 Å². The van der Waals surface area contributed by atoms with Gasteiger partial charge in [-0.1, -0.05) is 27.7 Å². The van der Waals surface area contributed by atoms with E-state index in [2.05, 4.69) is 0 Å². The van der Waals surface area contributed by atoms with Crippen molar-refractivity contribution in [2.45, 2.75) is 51.4 Å². The molecule has 0 amide bonds. The second-order valence-corrected chi connectivity index (χ2v) is 17.3. The van der Waals surface area contributed by atoms with Crippen LogP contribution in [0.5, 0.6) is 46.0 Å². The van der Waals surface area contributed by atoms with Crippen molar-refractivity contribution < 1.29 is 115 Å². The van der Waals surface area contributed by atoms with Crippen LogP contribution in [0.15, 0.2) is 48.5 Å². The summed E-state index contributed by atoms with van der Waals surface area (Å²) in [5, 5.41) is 12.1. The monoisotopic (exact) mass is 1110 g/mol. The molecule has 0 N–H and O–H groups in total. The number of esters is 7. The molecular formula is C55H61O24-. The van der Waals surface area contributed by atoms with Crippen molar-refractivity contribution in [2.24, 2.45) is 0 Å². The summed E-state index contributed by atoms with van der Waals surface area (Å²) in [4.78, 5) is 101. The number of methoxy groups -OCH3 is 7. The summed E-state index contributed by atoms with van der Waals surface area (Å²) in [6.45, 7) is 1.61. The highest BCUT2D eigenvalue weighted by molar-refractivity contribution is 5.75. The first-order valence-electron chi connectivity index (χ1n) is 24.1. The predicted octanol–water partition coefficient (Wildman–Crippen LogP) is 3.60. The third-order valence-corrected chi connectivity index (χ3v) is 12.7. The van der Waals surface area contributed by atoms with E-state index in [-0.39, 0.29) is 51.6 Å². The molecule has 426 valence electrons. The maximum atomic E-state index is 12.8. The number of carbonyl (C=O) groups is 8. The molecule has 4 aromatic carbocycles. The molecule has 0 aliphatic heterocycles. The highest BCUT2D eigenvalue weighted by Crippen LogP contribution is 2.51. The maximum absolute atomic E-state index is 12.8. The minimum Gasteiger partial charge on any atom is -0.546 e. The van der Waals surface area contributed by atoms with Crippen LogP contribution in [0, 0.1) is 0 Å². The first kappa shape index (κ1) is 60.9. The average molecular weight is 1110 g/mol. The summed E-state index contributed by atoms with van der Waals surface area (Å²) in [5.74, 6) is -10.6. The summed E-state index contributed by atoms with van der Waals surface area (Å²) in [6.07, 6.45) is 0. The van der Waals surface area contributed by atoms with Gasteiger partial charge in [0.15, 0.2) is 46.2 Å². The summed E-state index contributed by atoms with van der Waals surface area (Å²) < 4.78 is 83.4. The fourth-order valence-electron chi connectivity index (χ4n) is 8.27. The Morgan fingerprint density at radius 2 is 0.418 bits per heavy atom. The molecule has 5 rings (SSSR count). The van der Waals surface area contributed by atoms with Gasteiger partial charge in [-0.2, -0.15) is 0 Å². The molecule has 4 aromatic rings. The van der Waals surface area contributed by atoms with Crippen molar-refractivity contribution in [1.29, 1.82) is 0 Å². The number of carboxylic acids is 1. The molecule has 4 atom stereocenters. The van der Waals surface area contributed by atoms with Gasteiger partial charge >= 0.3 is 41.8 Å². The average Bonchev–Trinajstić information content (AvgIpc) is 3.46. The van der Waals surface area contributed by atoms with Gasteiger partial charge in [0.2, 0.25) is 0 Å². The predicted molar refractivity (Wildman–Crippen MR) is 269 cm³/mol. The number of rotatable bonds is 24. The Morgan fingerprint density at radius 3 is 0.544 bits per heavy atom. The summed E-state index contributed by atoms with van der Waals surface area (Å²) in [6, 6.07) is 12.3. The molecule has 24 heteroatoms. The summed E-state index contributed by atoms with van der Waals surface area (Å²) in [5.41, 5.74) is 2.56. The van der Waals surface area contributed by atoms with Gasteiger partial charge in [-0.3, -0.25) is 0 Å². The van der Waals surface area contributed by atoms with Crippen molar-refractivity contribution in [3.63, 3.8) is 0 Å². The van der Waals surface area contributed by atoms with Gasteiger partial charge in [-0.25, -0.2) is 33.6 Å². The fraction of sp³-hybridized carbons (Fsp3) is 0.418. The number of hydrogen-bond donors (Lipinski definition) is 0. The topological polar surface area (TPSA) is 298 Å². The molecule has 8 bridgehead atoms. The van der Waals surface area contributed by atoms with Gasteiger partial charge in [0.25, 0.3) is 0 Å². The lowest BCUT2D eigenvalue weighted by molar-refractivity contribution is -0.307. The van der Waals surface area contributed by atoms with Gasteiger partial charge in [0, 0.05) is 92.4 Å². The quantitative estimate of drug-likeness (QED) is 0.0715. The molecule has 0 aromatic heterocycles. The molecule has 0 radical (unpaired) electrons. The highest BCUT2D eigenvalue weighted by atomic mass is 16.6. The van der Waals surface area contributed by atoms with Crippen molar-refractivity contribution in [2.75, 3.05) is 103 Å². The number of carbonyl (C=O) groups excluding carboxylic acids is 8. The number of hydrogen-bond acceptors (Lipinski definition) is 24. The minimum atomic E-state index is -1.59. The Hall–Kier alpha value is -8.96. The number of fused-ring (bicyclic) bond motifs is 8. The van der Waals surface area contributed by atoms with E-state index in [1.54, 1.807) is 52.0 Å². The summed E-state index contributed by atoms with van der Waals surface area (Å²) in [7, 11) is 8.13. The van der Waals surface area contributed by atoms with Crippen LogP contribution in [-0.2, 0) is 71.5 Å². The smallest absolute Gasteiger partial charge is 0.343 e. The van der Waals surface area contributed by atoms with E-state index in [0.29, 0.717) is 38.9 Å². The van der Waals surface area contributed by atoms with Crippen molar-refractivity contribution in [1.82, 2.24) is 0 Å². The minimum absolute atomic E-state index is 0.00927. The number of benzene rings is 4. The van der Waals surface area contributed by atoms with Gasteiger partial charge in [0.1, 0.15) is 52.6 Å². The van der Waals surface area contributed by atoms with E-state index in [1.807, 2.05) is 0 Å². The second kappa shape index (κ2) is 28.4. The largest absolute Gasteiger partial charge is 0.546 e. The molecule has 1 aliphatic carbocycles. The molecule has 0 saturated carbocycles. The van der Waals surface area contributed by atoms with Gasteiger partial charge in [-0.05, 0) is 24.3 Å². The van der Waals surface area contributed by atoms with Gasteiger partial charge < -0.3 is 81.0 Å². The Bertz CT molecular complexity index is 2890. The standard InChI is InChI=1S/C55H62O24/c1-28-32-12-33(41(73-21-49(58)65-5)16-40(32)72-20-48(56)57)29(2)36-14-37(45(77-25-53(62)69-9)18-44(36)76-24-52(61)68-8)31(4)39-15-38(46(78-26-54(63)70-10)19-47(39)79-27-55(64)71-11)30(3)35-13-34(28)42(74-22-50(59)66-6)17-43(35)75-23-51(60)67-7/h12-19,28-31H,20-27H2,1-11H3,(H,56,57)/p-1/t28-,29+,30-,31+/m0/s1. The molecule has 24 nitrogen and oxygen atoms in total. The molecular weight excluding hydrogens is 1040 g/mol. The third kappa shape index (κ3) is 15.6. The Balaban J connectivity index is 2.07. The second-order valence-electron chi connectivity index (χ2n) is 17.3. The van der Waals surface area contributed by atoms with Gasteiger partial charge in [-0.15, -0.1) is 0 Å². The van der Waals surface area contributed by atoms with Crippen LogP contribution in [-0.4, -0.2) is 150 Å². The van der Waals surface area contributed by atoms with Gasteiger partial charge in [0.05, 0.1) is 55.7 Å². The summed E-state index contributed by atoms with van der Waals surface area (Å²) >= 11 is 0. The third-order valence-electron chi connectivity index (χ3n) is 12.7. The molecule has 0 spiro atoms. The van der Waals surface area contributed by atoms with Crippen LogP contribution < -0.4 is 43.0 Å². The molecule has 0 saturated heterocycles. The SMILES string of the molecule is COC(=O)COc1cc(OCC(=O)[O-])c2cc1[C@@H](C)c1cc(c(OCC(=O)OC)cc1OCC(=O)OC)[C@@H](C)c1cc(c(OCC(=O)OC)cc1OCC(=O)OC)[C@@H](C)c1cc(c(OCC(=O)OC)cc1OCC(=O)OC)[C@H]2C. The normalized spacial score (nSPS) is 15.1. The lowest BCUT2D eigenvalue weighted by Crippen LogP contribution is -2.29. The van der Waals surface area contributed by atoms with Crippen molar-refractivity contribution >= 4 is 47.8 Å². The Morgan fingerprint density at radius 1 is 0.278 bits per heavy atom. The van der Waals surface area contributed by atoms with E-state index in [0.717, 1.165) is 28.4 Å². The number of ether oxygens (including phenoxy) is 15. The highest BCUT2D eigenvalue weighted by Gasteiger charge is 2.33. The van der Waals surface area contributed by atoms with Crippen LogP contribution in [0.4, 0.5) is 0 Å². The Kier molecular flexibility index (Phi) is 21.9. The molecule has 1 aliphatic rings.